The lowest BCUT2D eigenvalue weighted by molar-refractivity contribution is 0.0954. The fourth-order valence-corrected chi connectivity index (χ4v) is 3.77. The number of imidazole rings is 1. The van der Waals surface area contributed by atoms with Crippen LogP contribution < -0.4 is 0 Å². The number of nitrogens with zero attached hydrogens (tertiary/aromatic N) is 5. The summed E-state index contributed by atoms with van der Waals surface area (Å²) in [7, 11) is 0. The molecule has 4 rings (SSSR count). The fourth-order valence-electron chi connectivity index (χ4n) is 2.98. The van der Waals surface area contributed by atoms with E-state index in [1.165, 1.54) is 11.8 Å². The molecule has 130 valence electrons. The summed E-state index contributed by atoms with van der Waals surface area (Å²) in [5.74, 6) is 0. The Bertz CT molecular complexity index is 911. The molecule has 0 bridgehead atoms. The van der Waals surface area contributed by atoms with Gasteiger partial charge in [0.15, 0.2) is 10.9 Å². The Labute approximate surface area is 155 Å². The van der Waals surface area contributed by atoms with Gasteiger partial charge in [-0.3, -0.25) is 0 Å². The highest BCUT2D eigenvalue weighted by Gasteiger charge is 2.21. The van der Waals surface area contributed by atoms with Gasteiger partial charge < -0.3 is 9.30 Å². The van der Waals surface area contributed by atoms with Crippen molar-refractivity contribution >= 4 is 11.8 Å². The zero-order valence-corrected chi connectivity index (χ0v) is 14.9. The van der Waals surface area contributed by atoms with Crippen LogP contribution >= 0.6 is 11.8 Å². The van der Waals surface area contributed by atoms with E-state index < -0.39 is 0 Å². The van der Waals surface area contributed by atoms with Crippen LogP contribution in [0.4, 0.5) is 0 Å². The predicted octanol–water partition coefficient (Wildman–Crippen LogP) is 3.54. The zero-order valence-electron chi connectivity index (χ0n) is 14.1. The molecule has 6 nitrogen and oxygen atoms in total. The Morgan fingerprint density at radius 2 is 2.08 bits per heavy atom. The van der Waals surface area contributed by atoms with Crippen molar-refractivity contribution in [3.8, 4) is 17.3 Å². The first-order valence-corrected chi connectivity index (χ1v) is 9.29. The fraction of sp³-hybridized carbons (Fsp3) is 0.263. The van der Waals surface area contributed by atoms with Crippen LogP contribution in [0.1, 0.15) is 18.5 Å². The maximum absolute atomic E-state index is 8.86. The minimum atomic E-state index is 0.207. The Morgan fingerprint density at radius 1 is 1.19 bits per heavy atom. The van der Waals surface area contributed by atoms with Crippen LogP contribution in [0.15, 0.2) is 58.8 Å². The molecule has 3 heterocycles. The highest BCUT2D eigenvalue weighted by Crippen LogP contribution is 2.31. The number of benzene rings is 1. The largest absolute Gasteiger partial charge is 0.376 e. The average Bonchev–Trinajstić information content (AvgIpc) is 3.34. The molecule has 1 atom stereocenters. The van der Waals surface area contributed by atoms with Crippen molar-refractivity contribution in [3.63, 3.8) is 0 Å². The molecule has 1 saturated heterocycles. The van der Waals surface area contributed by atoms with Crippen molar-refractivity contribution in [2.45, 2.75) is 35.7 Å². The molecule has 0 amide bonds. The van der Waals surface area contributed by atoms with Gasteiger partial charge in [-0.25, -0.2) is 4.98 Å². The van der Waals surface area contributed by atoms with Crippen molar-refractivity contribution in [2.75, 3.05) is 6.61 Å². The SMILES string of the molecule is N#Cc1ccc(Sc2ncc(-c3ccccc3)n2CC2CCCO2)nn1. The molecular weight excluding hydrogens is 346 g/mol. The first-order chi connectivity index (χ1) is 12.8. The molecular formula is C19H17N5OS. The average molecular weight is 363 g/mol. The summed E-state index contributed by atoms with van der Waals surface area (Å²) in [6.07, 6.45) is 4.26. The Kier molecular flexibility index (Phi) is 4.95. The summed E-state index contributed by atoms with van der Waals surface area (Å²) in [5.41, 5.74) is 2.49. The van der Waals surface area contributed by atoms with Crippen molar-refractivity contribution in [2.24, 2.45) is 0 Å². The van der Waals surface area contributed by atoms with E-state index in [4.69, 9.17) is 10.00 Å². The summed E-state index contributed by atoms with van der Waals surface area (Å²) >= 11 is 1.45. The molecule has 26 heavy (non-hydrogen) atoms. The van der Waals surface area contributed by atoms with Gasteiger partial charge in [-0.05, 0) is 42.3 Å². The van der Waals surface area contributed by atoms with Crippen LogP contribution in [0.3, 0.4) is 0 Å². The van der Waals surface area contributed by atoms with Gasteiger partial charge in [0.1, 0.15) is 11.1 Å². The lowest BCUT2D eigenvalue weighted by Gasteiger charge is -2.16. The van der Waals surface area contributed by atoms with E-state index in [9.17, 15) is 0 Å². The third-order valence-corrected chi connectivity index (χ3v) is 5.18. The van der Waals surface area contributed by atoms with Gasteiger partial charge in [-0.2, -0.15) is 5.26 Å². The summed E-state index contributed by atoms with van der Waals surface area (Å²) in [4.78, 5) is 4.61. The van der Waals surface area contributed by atoms with Crippen LogP contribution in [0.5, 0.6) is 0 Å². The smallest absolute Gasteiger partial charge is 0.174 e. The second-order valence-corrected chi connectivity index (χ2v) is 7.00. The lowest BCUT2D eigenvalue weighted by Crippen LogP contribution is -2.16. The molecule has 0 aliphatic carbocycles. The minimum Gasteiger partial charge on any atom is -0.376 e. The number of nitriles is 1. The first-order valence-electron chi connectivity index (χ1n) is 8.48. The van der Waals surface area contributed by atoms with E-state index >= 15 is 0 Å². The monoisotopic (exact) mass is 363 g/mol. The maximum Gasteiger partial charge on any atom is 0.174 e. The maximum atomic E-state index is 8.86. The molecule has 0 N–H and O–H groups in total. The van der Waals surface area contributed by atoms with Gasteiger partial charge in [-0.1, -0.05) is 30.3 Å². The van der Waals surface area contributed by atoms with Crippen LogP contribution in [0.2, 0.25) is 0 Å². The molecule has 0 saturated carbocycles. The molecule has 3 aromatic rings. The second kappa shape index (κ2) is 7.68. The van der Waals surface area contributed by atoms with Crippen molar-refractivity contribution in [1.29, 1.82) is 5.26 Å². The van der Waals surface area contributed by atoms with E-state index in [0.29, 0.717) is 10.7 Å². The zero-order chi connectivity index (χ0) is 17.8. The number of ether oxygens (including phenoxy) is 1. The molecule has 7 heteroatoms. The standard InChI is InChI=1S/C19H17N5OS/c20-11-15-8-9-18(23-22-15)26-19-21-12-17(14-5-2-1-3-6-14)24(19)13-16-7-4-10-25-16/h1-3,5-6,8-9,12,16H,4,7,10,13H2. The Hall–Kier alpha value is -2.69. The normalized spacial score (nSPS) is 16.5. The number of rotatable bonds is 5. The second-order valence-electron chi connectivity index (χ2n) is 6.01. The number of hydrogen-bond donors (Lipinski definition) is 0. The molecule has 0 spiro atoms. The molecule has 1 aliphatic heterocycles. The van der Waals surface area contributed by atoms with Crippen molar-refractivity contribution in [1.82, 2.24) is 19.7 Å². The van der Waals surface area contributed by atoms with Crippen molar-refractivity contribution < 1.29 is 4.74 Å². The van der Waals surface area contributed by atoms with Crippen LogP contribution in [0.25, 0.3) is 11.3 Å². The third-order valence-electron chi connectivity index (χ3n) is 4.25. The highest BCUT2D eigenvalue weighted by molar-refractivity contribution is 7.99. The van der Waals surface area contributed by atoms with Gasteiger partial charge >= 0.3 is 0 Å². The van der Waals surface area contributed by atoms with Gasteiger partial charge in [0.25, 0.3) is 0 Å². The van der Waals surface area contributed by atoms with Crippen LogP contribution in [-0.4, -0.2) is 32.5 Å². The van der Waals surface area contributed by atoms with E-state index in [1.807, 2.05) is 30.5 Å². The summed E-state index contributed by atoms with van der Waals surface area (Å²) in [6, 6.07) is 15.7. The molecule has 1 aromatic carbocycles. The van der Waals surface area contributed by atoms with Crippen molar-refractivity contribution in [3.05, 3.63) is 54.4 Å². The highest BCUT2D eigenvalue weighted by atomic mass is 32.2. The third kappa shape index (κ3) is 3.62. The van der Waals surface area contributed by atoms with E-state index in [-0.39, 0.29) is 6.10 Å². The van der Waals surface area contributed by atoms with Gasteiger partial charge in [0, 0.05) is 6.61 Å². The summed E-state index contributed by atoms with van der Waals surface area (Å²) in [6.45, 7) is 1.58. The summed E-state index contributed by atoms with van der Waals surface area (Å²) in [5, 5.41) is 18.4. The molecule has 1 unspecified atom stereocenters. The van der Waals surface area contributed by atoms with Gasteiger partial charge in [0.05, 0.1) is 24.5 Å². The molecule has 2 aromatic heterocycles. The van der Waals surface area contributed by atoms with Gasteiger partial charge in [0.2, 0.25) is 0 Å². The topological polar surface area (TPSA) is 76.6 Å². The minimum absolute atomic E-state index is 0.207. The summed E-state index contributed by atoms with van der Waals surface area (Å²) < 4.78 is 8.02. The van der Waals surface area contributed by atoms with E-state index in [2.05, 4.69) is 31.9 Å². The first kappa shape index (κ1) is 16.8. The Morgan fingerprint density at radius 3 is 2.77 bits per heavy atom. The number of hydrogen-bond acceptors (Lipinski definition) is 6. The van der Waals surface area contributed by atoms with Crippen LogP contribution in [-0.2, 0) is 11.3 Å². The lowest BCUT2D eigenvalue weighted by atomic mass is 10.1. The molecule has 1 aliphatic rings. The number of aromatic nitrogens is 4. The molecule has 1 fully saturated rings. The quantitative estimate of drug-likeness (QED) is 0.690. The Balaban J connectivity index is 1.66. The predicted molar refractivity (Wildman–Crippen MR) is 97.5 cm³/mol. The molecule has 0 radical (unpaired) electrons. The van der Waals surface area contributed by atoms with E-state index in [0.717, 1.165) is 42.4 Å². The van der Waals surface area contributed by atoms with Crippen LogP contribution in [0, 0.1) is 11.3 Å². The van der Waals surface area contributed by atoms with E-state index in [1.54, 1.807) is 12.1 Å². The van der Waals surface area contributed by atoms with Gasteiger partial charge in [-0.15, -0.1) is 10.2 Å².